The number of rotatable bonds is 4. The first-order valence-corrected chi connectivity index (χ1v) is 6.52. The van der Waals surface area contributed by atoms with Crippen molar-refractivity contribution < 1.29 is 9.21 Å². The summed E-state index contributed by atoms with van der Waals surface area (Å²) in [6.07, 6.45) is 4.44. The molecule has 0 saturated heterocycles. The van der Waals surface area contributed by atoms with E-state index in [0.29, 0.717) is 29.6 Å². The summed E-state index contributed by atoms with van der Waals surface area (Å²) in [5, 5.41) is 2.79. The Morgan fingerprint density at radius 3 is 3.05 bits per heavy atom. The number of hydrogen-bond acceptors (Lipinski definition) is 4. The van der Waals surface area contributed by atoms with Crippen LogP contribution in [0.3, 0.4) is 0 Å². The van der Waals surface area contributed by atoms with Crippen molar-refractivity contribution in [2.24, 2.45) is 0 Å². The Hall–Kier alpha value is -2.89. The van der Waals surface area contributed by atoms with E-state index in [0.717, 1.165) is 5.56 Å². The molecule has 6 nitrogen and oxygen atoms in total. The molecule has 0 saturated carbocycles. The van der Waals surface area contributed by atoms with E-state index >= 15 is 0 Å². The van der Waals surface area contributed by atoms with E-state index in [9.17, 15) is 9.59 Å². The third-order valence-electron chi connectivity index (χ3n) is 3.07. The van der Waals surface area contributed by atoms with Crippen molar-refractivity contribution in [3.8, 4) is 0 Å². The summed E-state index contributed by atoms with van der Waals surface area (Å²) >= 11 is 0. The molecule has 0 atom stereocenters. The lowest BCUT2D eigenvalue weighted by molar-refractivity contribution is -0.116. The van der Waals surface area contributed by atoms with Crippen molar-refractivity contribution in [1.82, 2.24) is 9.97 Å². The molecule has 2 heterocycles. The predicted octanol–water partition coefficient (Wildman–Crippen LogP) is 2.09. The Kier molecular flexibility index (Phi) is 3.51. The number of nitrogens with one attached hydrogen (secondary N) is 2. The Bertz CT molecular complexity index is 821. The average Bonchev–Trinajstić information content (AvgIpc) is 2.85. The molecule has 0 unspecified atom stereocenters. The van der Waals surface area contributed by atoms with Crippen LogP contribution in [0.2, 0.25) is 0 Å². The van der Waals surface area contributed by atoms with Gasteiger partial charge in [-0.15, -0.1) is 0 Å². The number of fused-ring (bicyclic) bond motifs is 1. The van der Waals surface area contributed by atoms with Gasteiger partial charge in [0.1, 0.15) is 0 Å². The van der Waals surface area contributed by atoms with Gasteiger partial charge in [-0.05, 0) is 36.2 Å². The molecular weight excluding hydrogens is 270 g/mol. The lowest BCUT2D eigenvalue weighted by Gasteiger charge is -2.05. The molecule has 0 radical (unpaired) electrons. The summed E-state index contributed by atoms with van der Waals surface area (Å²) in [4.78, 5) is 29.5. The Balaban J connectivity index is 1.64. The minimum Gasteiger partial charge on any atom is -0.408 e. The molecule has 3 aromatic rings. The Labute approximate surface area is 119 Å². The maximum Gasteiger partial charge on any atom is 0.417 e. The van der Waals surface area contributed by atoms with E-state index in [4.69, 9.17) is 4.42 Å². The largest absolute Gasteiger partial charge is 0.417 e. The van der Waals surface area contributed by atoms with Crippen molar-refractivity contribution >= 4 is 22.7 Å². The lowest BCUT2D eigenvalue weighted by Crippen LogP contribution is -2.12. The van der Waals surface area contributed by atoms with Gasteiger partial charge in [-0.1, -0.05) is 6.07 Å². The van der Waals surface area contributed by atoms with Crippen LogP contribution < -0.4 is 11.1 Å². The number of carbonyl (C=O) groups is 1. The normalized spacial score (nSPS) is 10.7. The second-order valence-corrected chi connectivity index (χ2v) is 4.63. The highest BCUT2D eigenvalue weighted by atomic mass is 16.4. The molecule has 0 bridgehead atoms. The maximum absolute atomic E-state index is 11.9. The smallest absolute Gasteiger partial charge is 0.408 e. The number of H-pyrrole nitrogens is 1. The first-order valence-electron chi connectivity index (χ1n) is 6.52. The van der Waals surface area contributed by atoms with Crippen molar-refractivity contribution in [2.75, 3.05) is 5.32 Å². The van der Waals surface area contributed by atoms with Crippen LogP contribution in [0, 0.1) is 0 Å². The summed E-state index contributed by atoms with van der Waals surface area (Å²) in [5.74, 6) is -0.603. The van der Waals surface area contributed by atoms with E-state index in [1.807, 2.05) is 12.1 Å². The first-order chi connectivity index (χ1) is 10.2. The minimum atomic E-state index is -0.509. The minimum absolute atomic E-state index is 0.0935. The van der Waals surface area contributed by atoms with E-state index in [1.165, 1.54) is 0 Å². The highest BCUT2D eigenvalue weighted by molar-refractivity contribution is 5.92. The SMILES string of the molecule is O=C(CCc1cccnc1)Nc1ccc2oc(=O)[nH]c2c1. The molecule has 0 aliphatic carbocycles. The van der Waals surface area contributed by atoms with Gasteiger partial charge < -0.3 is 9.73 Å². The Morgan fingerprint density at radius 1 is 1.33 bits per heavy atom. The molecule has 0 aliphatic heterocycles. The van der Waals surface area contributed by atoms with Crippen molar-refractivity contribution in [1.29, 1.82) is 0 Å². The van der Waals surface area contributed by atoms with Crippen molar-refractivity contribution in [3.05, 3.63) is 58.8 Å². The third kappa shape index (κ3) is 3.17. The van der Waals surface area contributed by atoms with E-state index in [1.54, 1.807) is 30.6 Å². The van der Waals surface area contributed by atoms with E-state index < -0.39 is 5.76 Å². The first kappa shape index (κ1) is 13.1. The summed E-state index contributed by atoms with van der Waals surface area (Å²) < 4.78 is 4.90. The monoisotopic (exact) mass is 283 g/mol. The summed E-state index contributed by atoms with van der Waals surface area (Å²) in [6.45, 7) is 0. The molecule has 1 aromatic carbocycles. The van der Waals surface area contributed by atoms with Gasteiger partial charge in [-0.2, -0.15) is 0 Å². The molecule has 0 fully saturated rings. The van der Waals surface area contributed by atoms with Crippen molar-refractivity contribution in [3.63, 3.8) is 0 Å². The summed E-state index contributed by atoms with van der Waals surface area (Å²) in [5.41, 5.74) is 2.66. The third-order valence-corrected chi connectivity index (χ3v) is 3.07. The average molecular weight is 283 g/mol. The maximum atomic E-state index is 11.9. The number of anilines is 1. The van der Waals surface area contributed by atoms with Gasteiger partial charge >= 0.3 is 5.76 Å². The summed E-state index contributed by atoms with van der Waals surface area (Å²) in [7, 11) is 0. The molecule has 1 amide bonds. The van der Waals surface area contributed by atoms with E-state index in [2.05, 4.69) is 15.3 Å². The summed E-state index contributed by atoms with van der Waals surface area (Å²) in [6, 6.07) is 8.78. The number of oxazole rings is 1. The van der Waals surface area contributed by atoms with Gasteiger partial charge in [0, 0.05) is 24.5 Å². The fourth-order valence-corrected chi connectivity index (χ4v) is 2.06. The van der Waals surface area contributed by atoms with Gasteiger partial charge in [-0.3, -0.25) is 14.8 Å². The second-order valence-electron chi connectivity index (χ2n) is 4.63. The van der Waals surface area contributed by atoms with Crippen LogP contribution in [-0.2, 0) is 11.2 Å². The zero-order chi connectivity index (χ0) is 14.7. The van der Waals surface area contributed by atoms with Crippen LogP contribution in [0.1, 0.15) is 12.0 Å². The van der Waals surface area contributed by atoms with Crippen LogP contribution in [0.15, 0.2) is 51.9 Å². The van der Waals surface area contributed by atoms with Gasteiger partial charge in [0.2, 0.25) is 5.91 Å². The topological polar surface area (TPSA) is 88.0 Å². The van der Waals surface area contributed by atoms with Gasteiger partial charge in [0.25, 0.3) is 0 Å². The molecule has 0 aliphatic rings. The molecule has 6 heteroatoms. The fourth-order valence-electron chi connectivity index (χ4n) is 2.06. The van der Waals surface area contributed by atoms with Crippen LogP contribution in [0.4, 0.5) is 5.69 Å². The van der Waals surface area contributed by atoms with Gasteiger partial charge in [0.15, 0.2) is 5.58 Å². The molecular formula is C15H13N3O3. The van der Waals surface area contributed by atoms with E-state index in [-0.39, 0.29) is 5.91 Å². The second kappa shape index (κ2) is 5.62. The van der Waals surface area contributed by atoms with Crippen LogP contribution >= 0.6 is 0 Å². The van der Waals surface area contributed by atoms with Crippen LogP contribution in [0.5, 0.6) is 0 Å². The zero-order valence-corrected chi connectivity index (χ0v) is 11.1. The van der Waals surface area contributed by atoms with Gasteiger partial charge in [0.05, 0.1) is 5.52 Å². The number of hydrogen-bond donors (Lipinski definition) is 2. The van der Waals surface area contributed by atoms with Gasteiger partial charge in [-0.25, -0.2) is 4.79 Å². The number of aromatic amines is 1. The zero-order valence-electron chi connectivity index (χ0n) is 11.1. The highest BCUT2D eigenvalue weighted by Gasteiger charge is 2.06. The number of aromatic nitrogens is 2. The quantitative estimate of drug-likeness (QED) is 0.767. The molecule has 0 spiro atoms. The molecule has 2 aromatic heterocycles. The number of aryl methyl sites for hydroxylation is 1. The number of nitrogens with zero attached hydrogens (tertiary/aromatic N) is 1. The van der Waals surface area contributed by atoms with Crippen molar-refractivity contribution in [2.45, 2.75) is 12.8 Å². The number of amides is 1. The molecule has 3 rings (SSSR count). The Morgan fingerprint density at radius 2 is 2.24 bits per heavy atom. The number of benzene rings is 1. The molecule has 21 heavy (non-hydrogen) atoms. The number of pyridine rings is 1. The number of carbonyl (C=O) groups excluding carboxylic acids is 1. The molecule has 106 valence electrons. The molecule has 2 N–H and O–H groups in total. The van der Waals surface area contributed by atoms with Crippen LogP contribution in [-0.4, -0.2) is 15.9 Å². The lowest BCUT2D eigenvalue weighted by atomic mass is 10.1. The standard InChI is InChI=1S/C15H13N3O3/c19-14(6-3-10-2-1-7-16-9-10)17-11-4-5-13-12(8-11)18-15(20)21-13/h1-2,4-5,7-9H,3,6H2,(H,17,19)(H,18,20). The fraction of sp³-hybridized carbons (Fsp3) is 0.133. The highest BCUT2D eigenvalue weighted by Crippen LogP contribution is 2.16. The predicted molar refractivity (Wildman–Crippen MR) is 78.0 cm³/mol. The van der Waals surface area contributed by atoms with Crippen LogP contribution in [0.25, 0.3) is 11.1 Å².